The monoisotopic (exact) mass is 393 g/mol. The van der Waals surface area contributed by atoms with Crippen molar-refractivity contribution in [3.05, 3.63) is 10.4 Å². The molecule has 27 heavy (non-hydrogen) atoms. The van der Waals surface area contributed by atoms with E-state index in [9.17, 15) is 24.3 Å². The lowest BCUT2D eigenvalue weighted by atomic mass is 9.95. The molecule has 0 aromatic heterocycles. The summed E-state index contributed by atoms with van der Waals surface area (Å²) in [6.07, 6.45) is -7.57. The van der Waals surface area contributed by atoms with Gasteiger partial charge in [-0.3, -0.25) is 19.2 Å². The number of hydrogen-bond acceptors (Lipinski definition) is 11. The minimum Gasteiger partial charge on any atom is -0.463 e. The number of hydrogen-bond donors (Lipinski definition) is 1. The Morgan fingerprint density at radius 1 is 1.07 bits per heavy atom. The molecule has 0 spiro atoms. The number of aliphatic hydroxyl groups is 1. The Kier molecular flexibility index (Phi) is 5.53. The molecule has 1 aliphatic heterocycles. The van der Waals surface area contributed by atoms with E-state index in [0.29, 0.717) is 0 Å². The van der Waals surface area contributed by atoms with Gasteiger partial charge in [-0.05, 0) is 10.6 Å². The lowest BCUT2D eigenvalue weighted by Gasteiger charge is -2.46. The first kappa shape index (κ1) is 16.3. The van der Waals surface area contributed by atoms with E-state index in [-0.39, 0.29) is 0 Å². The summed E-state index contributed by atoms with van der Waals surface area (Å²) in [6, 6.07) is 0. The fourth-order valence-electron chi connectivity index (χ4n) is 2.26. The molecule has 0 bridgehead atoms. The summed E-state index contributed by atoms with van der Waals surface area (Å²) in [5.41, 5.74) is 8.78. The van der Waals surface area contributed by atoms with Crippen LogP contribution in [0.5, 0.6) is 0 Å². The van der Waals surface area contributed by atoms with Gasteiger partial charge < -0.3 is 28.8 Å². The van der Waals surface area contributed by atoms with E-state index >= 15 is 0 Å². The van der Waals surface area contributed by atoms with E-state index in [1.807, 2.05) is 0 Å². The van der Waals surface area contributed by atoms with Crippen LogP contribution in [0.15, 0.2) is 5.11 Å². The Labute approximate surface area is 158 Å². The zero-order valence-corrected chi connectivity index (χ0v) is 13.8. The van der Waals surface area contributed by atoms with Gasteiger partial charge in [0.15, 0.2) is 12.2 Å². The Bertz CT molecular complexity index is 737. The summed E-state index contributed by atoms with van der Waals surface area (Å²) in [4.78, 5) is 48.9. The van der Waals surface area contributed by atoms with Gasteiger partial charge in [-0.15, -0.1) is 0 Å². The Morgan fingerprint density at radius 2 is 1.63 bits per heavy atom. The number of ether oxygens (including phenoxy) is 5. The normalized spacial score (nSPS) is 31.6. The molecule has 1 aliphatic rings. The van der Waals surface area contributed by atoms with Crippen molar-refractivity contribution >= 4 is 23.9 Å². The summed E-state index contributed by atoms with van der Waals surface area (Å²) in [5.74, 6) is -7.83. The second-order valence-electron chi connectivity index (χ2n) is 5.01. The predicted molar refractivity (Wildman–Crippen MR) is 82.3 cm³/mol. The molecule has 1 rings (SSSR count). The molecule has 0 aromatic carbocycles. The maximum absolute atomic E-state index is 11.8. The van der Waals surface area contributed by atoms with Crippen molar-refractivity contribution in [1.82, 2.24) is 0 Å². The molecule has 150 valence electrons. The third-order valence-corrected chi connectivity index (χ3v) is 3.07. The maximum atomic E-state index is 11.8. The van der Waals surface area contributed by atoms with E-state index in [4.69, 9.17) is 34.7 Å². The summed E-state index contributed by atoms with van der Waals surface area (Å²) < 4.78 is 52.8. The van der Waals surface area contributed by atoms with Crippen LogP contribution in [0.3, 0.4) is 0 Å². The van der Waals surface area contributed by atoms with E-state index in [0.717, 1.165) is 0 Å². The zero-order valence-electron chi connectivity index (χ0n) is 17.8. The fraction of sp³-hybridized carbons (Fsp3) is 0.714. The van der Waals surface area contributed by atoms with Gasteiger partial charge in [-0.25, -0.2) is 0 Å². The van der Waals surface area contributed by atoms with Crippen LogP contribution in [-0.4, -0.2) is 65.9 Å². The average molecular weight is 393 g/mol. The molecule has 13 heteroatoms. The number of nitrogens with zero attached hydrogens (tertiary/aromatic N) is 3. The van der Waals surface area contributed by atoms with Gasteiger partial charge in [0.2, 0.25) is 6.10 Å². The molecule has 0 amide bonds. The highest BCUT2D eigenvalue weighted by Crippen LogP contribution is 2.35. The molecule has 1 fully saturated rings. The molecule has 0 saturated carbocycles. The third-order valence-electron chi connectivity index (χ3n) is 3.07. The van der Waals surface area contributed by atoms with E-state index in [1.165, 1.54) is 0 Å². The molecular weight excluding hydrogens is 370 g/mol. The summed E-state index contributed by atoms with van der Waals surface area (Å²) >= 11 is 0. The lowest BCUT2D eigenvalue weighted by molar-refractivity contribution is -0.349. The summed E-state index contributed by atoms with van der Waals surface area (Å²) in [5, 5.41) is 13.6. The first-order valence-electron chi connectivity index (χ1n) is 9.86. The van der Waals surface area contributed by atoms with Gasteiger partial charge in [-0.1, -0.05) is 0 Å². The molecule has 1 saturated heterocycles. The number of rotatable bonds is 6. The molecule has 0 aromatic rings. The van der Waals surface area contributed by atoms with Crippen LogP contribution in [0.4, 0.5) is 0 Å². The maximum Gasteiger partial charge on any atom is 0.303 e. The van der Waals surface area contributed by atoms with Crippen molar-refractivity contribution in [3.63, 3.8) is 0 Å². The first-order valence-corrected chi connectivity index (χ1v) is 7.03. The lowest BCUT2D eigenvalue weighted by Crippen LogP contribution is -2.67. The van der Waals surface area contributed by atoms with E-state index in [1.54, 1.807) is 0 Å². The van der Waals surface area contributed by atoms with Gasteiger partial charge >= 0.3 is 23.9 Å². The quantitative estimate of drug-likeness (QED) is 0.206. The number of carbonyl (C=O) groups is 4. The SMILES string of the molecule is [2H]CC(=O)OC[C@H]1OC(O)(N=[N+]=[N-])[C@H](OC(=O)C[2H])[C@@H](OC(=O)C[2H])[C@@H]1OC(=O)C[2H]. The molecule has 1 unspecified atom stereocenters. The highest BCUT2D eigenvalue weighted by Gasteiger charge is 2.59. The average Bonchev–Trinajstić information content (AvgIpc) is 2.75. The van der Waals surface area contributed by atoms with Crippen LogP contribution in [-0.2, 0) is 42.9 Å². The van der Waals surface area contributed by atoms with Crippen LogP contribution in [0.25, 0.3) is 10.4 Å². The van der Waals surface area contributed by atoms with Crippen LogP contribution < -0.4 is 0 Å². The largest absolute Gasteiger partial charge is 0.463 e. The van der Waals surface area contributed by atoms with Gasteiger partial charge in [0.1, 0.15) is 12.7 Å². The van der Waals surface area contributed by atoms with E-state index in [2.05, 4.69) is 10.0 Å². The van der Waals surface area contributed by atoms with Crippen molar-refractivity contribution < 1.29 is 53.5 Å². The van der Waals surface area contributed by atoms with Gasteiger partial charge in [0.05, 0.1) is 0 Å². The highest BCUT2D eigenvalue weighted by atomic mass is 16.7. The van der Waals surface area contributed by atoms with Gasteiger partial charge in [0, 0.05) is 38.0 Å². The molecule has 1 heterocycles. The molecule has 0 radical (unpaired) electrons. The topological polar surface area (TPSA) is 183 Å². The Balaban J connectivity index is 3.49. The third kappa shape index (κ3) is 6.09. The Morgan fingerprint density at radius 3 is 2.19 bits per heavy atom. The van der Waals surface area contributed by atoms with Crippen molar-refractivity contribution in [1.29, 1.82) is 0 Å². The van der Waals surface area contributed by atoms with Crippen molar-refractivity contribution in [2.45, 2.75) is 57.9 Å². The minimum absolute atomic E-state index is 0.800. The van der Waals surface area contributed by atoms with Crippen LogP contribution >= 0.6 is 0 Å². The van der Waals surface area contributed by atoms with Gasteiger partial charge in [0.25, 0.3) is 5.91 Å². The first-order chi connectivity index (χ1) is 14.6. The standard InChI is InChI=1S/C14H19N3O10/c1-6(18)23-5-10-11(24-7(2)19)12(25-8(3)20)13(26-9(4)21)14(22,27-10)16-17-15/h10-13,22H,5H2,1-4H3/t10-,11-,12+,13-,14?/m1/s1/i1D,2D,3D,4D. The van der Waals surface area contributed by atoms with Crippen molar-refractivity contribution in [2.75, 3.05) is 6.61 Å². The smallest absolute Gasteiger partial charge is 0.303 e. The molecule has 5 atom stereocenters. The number of carbonyl (C=O) groups excluding carboxylic acids is 4. The summed E-state index contributed by atoms with van der Waals surface area (Å²) in [7, 11) is 0. The van der Waals surface area contributed by atoms with Crippen LogP contribution in [0.2, 0.25) is 0 Å². The fourth-order valence-corrected chi connectivity index (χ4v) is 2.26. The molecule has 0 aliphatic carbocycles. The second-order valence-corrected chi connectivity index (χ2v) is 5.01. The summed E-state index contributed by atoms with van der Waals surface area (Å²) in [6.45, 7) is -4.43. The van der Waals surface area contributed by atoms with E-state index < -0.39 is 88.4 Å². The zero-order chi connectivity index (χ0) is 23.6. The minimum atomic E-state index is -3.07. The highest BCUT2D eigenvalue weighted by molar-refractivity contribution is 5.68. The second kappa shape index (κ2) is 9.16. The Hall–Kier alpha value is -2.89. The van der Waals surface area contributed by atoms with Crippen LogP contribution in [0, 0.1) is 0 Å². The van der Waals surface area contributed by atoms with Crippen LogP contribution in [0.1, 0.15) is 33.1 Å². The molecule has 13 nitrogen and oxygen atoms in total. The van der Waals surface area contributed by atoms with Crippen molar-refractivity contribution in [2.24, 2.45) is 5.11 Å². The number of azide groups is 1. The molecule has 1 N–H and O–H groups in total. The van der Waals surface area contributed by atoms with Crippen molar-refractivity contribution in [3.8, 4) is 0 Å². The molecular formula is C14H19N3O10. The number of esters is 4. The van der Waals surface area contributed by atoms with Gasteiger partial charge in [-0.2, -0.15) is 0 Å². The predicted octanol–water partition coefficient (Wildman–Crippen LogP) is -0.300.